The van der Waals surface area contributed by atoms with Crippen LogP contribution in [0.15, 0.2) is 60.7 Å². The van der Waals surface area contributed by atoms with E-state index >= 15 is 0 Å². The van der Waals surface area contributed by atoms with E-state index in [0.29, 0.717) is 11.8 Å². The Morgan fingerprint density at radius 1 is 0.861 bits per heavy atom. The number of ether oxygens (including phenoxy) is 1. The van der Waals surface area contributed by atoms with Gasteiger partial charge in [0, 0.05) is 12.1 Å². The van der Waals surface area contributed by atoms with Gasteiger partial charge in [0.05, 0.1) is 12.7 Å². The fourth-order valence-electron chi connectivity index (χ4n) is 5.82. The van der Waals surface area contributed by atoms with Crippen LogP contribution in [0.2, 0.25) is 0 Å². The molecule has 0 spiro atoms. The van der Waals surface area contributed by atoms with Crippen LogP contribution in [0.3, 0.4) is 0 Å². The Hall–Kier alpha value is -2.79. The highest BCUT2D eigenvalue weighted by Crippen LogP contribution is 2.56. The van der Waals surface area contributed by atoms with E-state index in [2.05, 4.69) is 37.4 Å². The van der Waals surface area contributed by atoms with Gasteiger partial charge in [-0.15, -0.1) is 0 Å². The lowest BCUT2D eigenvalue weighted by atomic mass is 9.83. The molecule has 36 heavy (non-hydrogen) atoms. The first-order valence-electron chi connectivity index (χ1n) is 13.0. The molecule has 2 nitrogen and oxygen atoms in total. The summed E-state index contributed by atoms with van der Waals surface area (Å²) in [6.45, 7) is 8.29. The fourth-order valence-corrected chi connectivity index (χ4v) is 5.82. The minimum Gasteiger partial charge on any atom is -0.497 e. The van der Waals surface area contributed by atoms with Gasteiger partial charge in [-0.05, 0) is 109 Å². The molecule has 5 rings (SSSR count). The molecule has 0 heterocycles. The van der Waals surface area contributed by atoms with E-state index in [1.54, 1.807) is 19.2 Å². The number of halogens is 3. The molecule has 5 heteroatoms. The summed E-state index contributed by atoms with van der Waals surface area (Å²) in [5.41, 5.74) is 6.43. The van der Waals surface area contributed by atoms with Crippen LogP contribution in [0.5, 0.6) is 5.75 Å². The molecule has 1 fully saturated rings. The molecule has 1 N–H and O–H groups in total. The van der Waals surface area contributed by atoms with E-state index in [-0.39, 0.29) is 12.1 Å². The number of benzene rings is 3. The lowest BCUT2D eigenvalue weighted by Crippen LogP contribution is -2.23. The maximum atomic E-state index is 13.1. The summed E-state index contributed by atoms with van der Waals surface area (Å²) in [6.07, 6.45) is -0.786. The van der Waals surface area contributed by atoms with Gasteiger partial charge < -0.3 is 10.1 Å². The molecule has 0 aromatic heterocycles. The van der Waals surface area contributed by atoms with Crippen molar-refractivity contribution >= 4 is 0 Å². The third-order valence-corrected chi connectivity index (χ3v) is 7.63. The molecule has 4 atom stereocenters. The van der Waals surface area contributed by atoms with Crippen LogP contribution in [0.25, 0.3) is 11.1 Å². The standard InChI is InChI=1S/C29H30F3NO.C2H6/c1-17(20-5-4-6-25(14-20)34-3)33-18(2)23-15-26(19-9-11-24(12-10-19)29(30,31)32)28-22-8-7-21(13-22)27(28)16-23;1-2/h4-6,9-12,14-18,21-22,33H,7-8,13H2,1-3H3;1-2H3/t17-,18?,21?,22?;/m1./s1. The first-order valence-corrected chi connectivity index (χ1v) is 13.0. The summed E-state index contributed by atoms with van der Waals surface area (Å²) >= 11 is 0. The van der Waals surface area contributed by atoms with E-state index in [1.165, 1.54) is 41.7 Å². The van der Waals surface area contributed by atoms with Gasteiger partial charge in [-0.3, -0.25) is 0 Å². The lowest BCUT2D eigenvalue weighted by molar-refractivity contribution is -0.137. The highest BCUT2D eigenvalue weighted by atomic mass is 19.4. The fraction of sp³-hybridized carbons (Fsp3) is 0.419. The van der Waals surface area contributed by atoms with Crippen LogP contribution in [-0.2, 0) is 6.18 Å². The van der Waals surface area contributed by atoms with Crippen molar-refractivity contribution in [3.05, 3.63) is 88.5 Å². The number of hydrogen-bond acceptors (Lipinski definition) is 2. The summed E-state index contributed by atoms with van der Waals surface area (Å²) in [5, 5.41) is 3.70. The molecule has 3 aromatic rings. The van der Waals surface area contributed by atoms with Crippen molar-refractivity contribution in [1.29, 1.82) is 0 Å². The third-order valence-electron chi connectivity index (χ3n) is 7.63. The largest absolute Gasteiger partial charge is 0.497 e. The Morgan fingerprint density at radius 3 is 2.19 bits per heavy atom. The molecule has 2 bridgehead atoms. The molecule has 2 aliphatic rings. The summed E-state index contributed by atoms with van der Waals surface area (Å²) in [6, 6.07) is 18.4. The molecule has 0 saturated heterocycles. The second-order valence-electron chi connectivity index (χ2n) is 9.74. The summed E-state index contributed by atoms with van der Waals surface area (Å²) in [5.74, 6) is 1.92. The topological polar surface area (TPSA) is 21.3 Å². The Bertz CT molecular complexity index is 1190. The Balaban J connectivity index is 0.00000148. The van der Waals surface area contributed by atoms with Crippen LogP contribution in [-0.4, -0.2) is 7.11 Å². The Labute approximate surface area is 212 Å². The van der Waals surface area contributed by atoms with Crippen molar-refractivity contribution in [3.63, 3.8) is 0 Å². The molecule has 1 saturated carbocycles. The molecule has 3 unspecified atom stereocenters. The number of methoxy groups -OCH3 is 1. The van der Waals surface area contributed by atoms with Crippen LogP contribution in [0, 0.1) is 0 Å². The second kappa shape index (κ2) is 10.7. The molecule has 3 aromatic carbocycles. The smallest absolute Gasteiger partial charge is 0.416 e. The molecular weight excluding hydrogens is 459 g/mol. The van der Waals surface area contributed by atoms with Crippen molar-refractivity contribution in [2.75, 3.05) is 7.11 Å². The summed E-state index contributed by atoms with van der Waals surface area (Å²) < 4.78 is 44.8. The molecule has 2 aliphatic carbocycles. The zero-order valence-electron chi connectivity index (χ0n) is 21.7. The second-order valence-corrected chi connectivity index (χ2v) is 9.74. The van der Waals surface area contributed by atoms with E-state index in [9.17, 15) is 13.2 Å². The normalized spacial score (nSPS) is 19.8. The van der Waals surface area contributed by atoms with Gasteiger partial charge in [-0.2, -0.15) is 13.2 Å². The third kappa shape index (κ3) is 5.17. The zero-order chi connectivity index (χ0) is 26.0. The van der Waals surface area contributed by atoms with Gasteiger partial charge in [0.25, 0.3) is 0 Å². The van der Waals surface area contributed by atoms with Crippen molar-refractivity contribution in [3.8, 4) is 16.9 Å². The summed E-state index contributed by atoms with van der Waals surface area (Å²) in [7, 11) is 1.67. The van der Waals surface area contributed by atoms with Crippen LogP contribution in [0.4, 0.5) is 13.2 Å². The van der Waals surface area contributed by atoms with Gasteiger partial charge in [0.2, 0.25) is 0 Å². The first-order chi connectivity index (χ1) is 17.2. The average molecular weight is 496 g/mol. The molecular formula is C31H36F3NO. The monoisotopic (exact) mass is 495 g/mol. The van der Waals surface area contributed by atoms with Gasteiger partial charge in [-0.1, -0.05) is 44.2 Å². The maximum Gasteiger partial charge on any atom is 0.416 e. The Morgan fingerprint density at radius 2 is 1.53 bits per heavy atom. The predicted octanol–water partition coefficient (Wildman–Crippen LogP) is 9.18. The SMILES string of the molecule is CC.COc1cccc([C@@H](C)NC(C)c2cc(-c3ccc(C(F)(F)F)cc3)c3c(c2)C2CCC3C2)c1. The van der Waals surface area contributed by atoms with Gasteiger partial charge in [0.1, 0.15) is 5.75 Å². The van der Waals surface area contributed by atoms with Gasteiger partial charge >= 0.3 is 6.18 Å². The summed E-state index contributed by atoms with van der Waals surface area (Å²) in [4.78, 5) is 0. The number of fused-ring (bicyclic) bond motifs is 5. The van der Waals surface area contributed by atoms with E-state index in [4.69, 9.17) is 4.74 Å². The first kappa shape index (κ1) is 26.3. The number of nitrogens with one attached hydrogen (secondary N) is 1. The minimum atomic E-state index is -4.32. The lowest BCUT2D eigenvalue weighted by Gasteiger charge is -2.26. The minimum absolute atomic E-state index is 0.0822. The maximum absolute atomic E-state index is 13.1. The molecule has 0 aliphatic heterocycles. The zero-order valence-corrected chi connectivity index (χ0v) is 21.7. The van der Waals surface area contributed by atoms with Crippen molar-refractivity contribution in [2.45, 2.75) is 77.1 Å². The van der Waals surface area contributed by atoms with E-state index in [0.717, 1.165) is 28.9 Å². The molecule has 0 radical (unpaired) electrons. The van der Waals surface area contributed by atoms with Crippen molar-refractivity contribution in [2.24, 2.45) is 0 Å². The van der Waals surface area contributed by atoms with Gasteiger partial charge in [-0.25, -0.2) is 0 Å². The average Bonchev–Trinajstić information content (AvgIpc) is 3.52. The van der Waals surface area contributed by atoms with Crippen LogP contribution in [0.1, 0.15) is 98.7 Å². The predicted molar refractivity (Wildman–Crippen MR) is 141 cm³/mol. The van der Waals surface area contributed by atoms with E-state index < -0.39 is 11.7 Å². The van der Waals surface area contributed by atoms with Crippen molar-refractivity contribution < 1.29 is 17.9 Å². The molecule has 0 amide bonds. The number of hydrogen-bond donors (Lipinski definition) is 1. The number of rotatable bonds is 6. The highest BCUT2D eigenvalue weighted by Gasteiger charge is 2.39. The van der Waals surface area contributed by atoms with Gasteiger partial charge in [0.15, 0.2) is 0 Å². The number of alkyl halides is 3. The molecule has 192 valence electrons. The quantitative estimate of drug-likeness (QED) is 0.368. The van der Waals surface area contributed by atoms with Crippen molar-refractivity contribution in [1.82, 2.24) is 5.32 Å². The Kier molecular flexibility index (Phi) is 7.79. The van der Waals surface area contributed by atoms with E-state index in [1.807, 2.05) is 32.0 Å². The van der Waals surface area contributed by atoms with Crippen LogP contribution >= 0.6 is 0 Å². The van der Waals surface area contributed by atoms with Crippen LogP contribution < -0.4 is 10.1 Å². The highest BCUT2D eigenvalue weighted by molar-refractivity contribution is 5.73.